The lowest BCUT2D eigenvalue weighted by Gasteiger charge is -2.63. The smallest absolute Gasteiger partial charge is 0.350 e. The molecule has 27 heteroatoms. The van der Waals surface area contributed by atoms with E-state index in [1.165, 1.54) is 0 Å². The van der Waals surface area contributed by atoms with Gasteiger partial charge >= 0.3 is 54.9 Å². The number of ketones is 1. The van der Waals surface area contributed by atoms with E-state index >= 15 is 0 Å². The molecule has 0 aromatic heterocycles. The van der Waals surface area contributed by atoms with Crippen molar-refractivity contribution in [1.82, 2.24) is 10.6 Å². The lowest BCUT2D eigenvalue weighted by molar-refractivity contribution is -0.288. The highest BCUT2D eigenvalue weighted by Crippen LogP contribution is 2.65. The Morgan fingerprint density at radius 3 is 1.39 bits per heavy atom. The largest absolute Gasteiger partial charge is 0.446 e. The van der Waals surface area contributed by atoms with Gasteiger partial charge in [-0.1, -0.05) is 13.8 Å². The molecular weight excluding hydrogens is 995 g/mol. The second-order valence-electron chi connectivity index (χ2n) is 21.4. The van der Waals surface area contributed by atoms with Gasteiger partial charge in [-0.25, -0.2) is 0 Å². The van der Waals surface area contributed by atoms with E-state index in [9.17, 15) is 75.1 Å². The molecule has 15 nitrogen and oxygen atoms in total. The van der Waals surface area contributed by atoms with E-state index in [0.29, 0.717) is 57.8 Å². The summed E-state index contributed by atoms with van der Waals surface area (Å²) in [6, 6.07) is -1.65. The van der Waals surface area contributed by atoms with Crippen LogP contribution in [-0.2, 0) is 61.9 Å². The number of halogens is 10. The molecule has 2 saturated heterocycles. The maximum absolute atomic E-state index is 14.8. The average Bonchev–Trinajstić information content (AvgIpc) is 3.20. The molecule has 396 valence electrons. The minimum absolute atomic E-state index is 0.0244. The van der Waals surface area contributed by atoms with E-state index in [-0.39, 0.29) is 72.6 Å². The first-order chi connectivity index (χ1) is 31.5. The third-order valence-electron chi connectivity index (χ3n) is 15.3. The van der Waals surface area contributed by atoms with Gasteiger partial charge in [-0.2, -0.15) is 60.7 Å². The van der Waals surface area contributed by atoms with Crippen molar-refractivity contribution in [2.45, 2.75) is 170 Å². The number of Topliss-reactive ketones (excluding diaryl/α,β-unsaturated/α-hetero) is 1. The Balaban J connectivity index is 0.000000204. The Hall–Kier alpha value is -2.43. The number of nitrogens with one attached hydrogen (secondary N) is 2. The number of rotatable bonds is 14. The first kappa shape index (κ1) is 54.3. The highest BCUT2D eigenvalue weighted by molar-refractivity contribution is 7.89. The van der Waals surface area contributed by atoms with E-state index in [0.717, 1.165) is 26.7 Å². The van der Waals surface area contributed by atoms with E-state index in [1.54, 1.807) is 0 Å². The molecule has 8 saturated carbocycles. The molecule has 0 aromatic carbocycles. The number of amides is 2. The Labute approximate surface area is 392 Å². The zero-order chi connectivity index (χ0) is 51.2. The van der Waals surface area contributed by atoms with E-state index in [1.807, 2.05) is 5.32 Å². The van der Waals surface area contributed by atoms with Crippen LogP contribution in [0.3, 0.4) is 0 Å². The van der Waals surface area contributed by atoms with Crippen LogP contribution < -0.4 is 10.6 Å². The number of carbonyl (C=O) groups excluding carboxylic acids is 3. The highest BCUT2D eigenvalue weighted by atomic mass is 32.2. The summed E-state index contributed by atoms with van der Waals surface area (Å²) in [5.74, 6) is -9.54. The minimum Gasteiger partial charge on any atom is -0.350 e. The summed E-state index contributed by atoms with van der Waals surface area (Å²) in [4.78, 5) is 37.3. The number of alkyl halides is 10. The van der Waals surface area contributed by atoms with Crippen LogP contribution in [-0.4, -0.2) is 120 Å². The maximum atomic E-state index is 14.8. The van der Waals surface area contributed by atoms with Crippen molar-refractivity contribution in [2.75, 3.05) is 26.4 Å². The lowest BCUT2D eigenvalue weighted by Crippen LogP contribution is -2.63. The van der Waals surface area contributed by atoms with Gasteiger partial charge in [0, 0.05) is 36.8 Å². The Kier molecular flexibility index (Phi) is 14.6. The fraction of sp³-hybridized carbons (Fsp3) is 0.929. The van der Waals surface area contributed by atoms with Gasteiger partial charge in [0.25, 0.3) is 0 Å². The molecule has 8 bridgehead atoms. The molecule has 2 amide bonds. The molecule has 69 heavy (non-hydrogen) atoms. The Morgan fingerprint density at radius 1 is 0.609 bits per heavy atom. The van der Waals surface area contributed by atoms with Gasteiger partial charge in [-0.15, -0.1) is 0 Å². The number of ether oxygens (including phenoxy) is 4. The second-order valence-corrected chi connectivity index (χ2v) is 24.6. The molecule has 10 rings (SSSR count). The van der Waals surface area contributed by atoms with Gasteiger partial charge in [0.15, 0.2) is 23.8 Å². The van der Waals surface area contributed by atoms with E-state index in [4.69, 9.17) is 18.9 Å². The summed E-state index contributed by atoms with van der Waals surface area (Å²) in [5.41, 5.74) is 0.0810. The first-order valence-electron chi connectivity index (χ1n) is 23.0. The molecule has 10 aliphatic rings. The molecule has 0 radical (unpaired) electrons. The quantitative estimate of drug-likeness (QED) is 0.139. The Morgan fingerprint density at radius 2 is 1.00 bits per heavy atom. The number of carbonyl (C=O) groups is 3. The van der Waals surface area contributed by atoms with Gasteiger partial charge in [0.2, 0.25) is 0 Å². The van der Waals surface area contributed by atoms with Crippen LogP contribution in [0.25, 0.3) is 0 Å². The molecule has 2 N–H and O–H groups in total. The summed E-state index contributed by atoms with van der Waals surface area (Å²) >= 11 is 0. The highest BCUT2D eigenvalue weighted by Gasteiger charge is 2.64. The number of hydrogen-bond donors (Lipinski definition) is 2. The summed E-state index contributed by atoms with van der Waals surface area (Å²) < 4.78 is 218. The van der Waals surface area contributed by atoms with Crippen molar-refractivity contribution in [3.63, 3.8) is 0 Å². The van der Waals surface area contributed by atoms with Crippen molar-refractivity contribution in [3.8, 4) is 0 Å². The Bertz CT molecular complexity index is 2150. The predicted molar refractivity (Wildman–Crippen MR) is 216 cm³/mol. The van der Waals surface area contributed by atoms with Crippen LogP contribution in [0.1, 0.15) is 111 Å². The van der Waals surface area contributed by atoms with Gasteiger partial charge in [0.1, 0.15) is 5.78 Å². The van der Waals surface area contributed by atoms with Crippen LogP contribution in [0.4, 0.5) is 43.9 Å². The fourth-order valence-electron chi connectivity index (χ4n) is 12.9. The third-order valence-corrected chi connectivity index (χ3v) is 17.9. The van der Waals surface area contributed by atoms with Crippen LogP contribution >= 0.6 is 0 Å². The maximum Gasteiger partial charge on any atom is 0.446 e. The van der Waals surface area contributed by atoms with Crippen molar-refractivity contribution < 1.29 is 102 Å². The van der Waals surface area contributed by atoms with Crippen LogP contribution in [0.15, 0.2) is 0 Å². The van der Waals surface area contributed by atoms with Gasteiger partial charge < -0.3 is 29.6 Å². The summed E-state index contributed by atoms with van der Waals surface area (Å²) in [7, 11) is -12.7. The molecule has 7 unspecified atom stereocenters. The molecule has 7 atom stereocenters. The van der Waals surface area contributed by atoms with Gasteiger partial charge in [-0.3, -0.25) is 22.7 Å². The summed E-state index contributed by atoms with van der Waals surface area (Å²) in [5, 5.41) is -6.43. The van der Waals surface area contributed by atoms with Crippen molar-refractivity contribution >= 4 is 37.8 Å². The molecule has 2 heterocycles. The predicted octanol–water partition coefficient (Wildman–Crippen LogP) is 6.64. The molecule has 0 spiro atoms. The number of hydrogen-bond acceptors (Lipinski definition) is 13. The first-order valence-corrected chi connectivity index (χ1v) is 25.8. The summed E-state index contributed by atoms with van der Waals surface area (Å²) in [6.45, 7) is 6.65. The van der Waals surface area contributed by atoms with E-state index in [2.05, 4.69) is 27.5 Å². The van der Waals surface area contributed by atoms with Crippen molar-refractivity contribution in [2.24, 2.45) is 46.3 Å². The zero-order valence-electron chi connectivity index (χ0n) is 38.2. The molecule has 2 aliphatic heterocycles. The van der Waals surface area contributed by atoms with Crippen molar-refractivity contribution in [3.05, 3.63) is 0 Å². The second kappa shape index (κ2) is 18.5. The summed E-state index contributed by atoms with van der Waals surface area (Å²) in [6.07, 6.45) is -12.8. The fourth-order valence-corrected chi connectivity index (χ4v) is 14.7. The van der Waals surface area contributed by atoms with E-state index < -0.39 is 110 Å². The topological polar surface area (TPSA) is 199 Å². The molecule has 0 aromatic rings. The zero-order valence-corrected chi connectivity index (χ0v) is 39.8. The monoisotopic (exact) mass is 1050 g/mol. The van der Waals surface area contributed by atoms with Gasteiger partial charge in [-0.05, 0) is 119 Å². The van der Waals surface area contributed by atoms with Crippen LogP contribution in [0.5, 0.6) is 0 Å². The molecular formula is C42H58F10N2O13S2. The lowest BCUT2D eigenvalue weighted by atomic mass is 9.44. The van der Waals surface area contributed by atoms with Gasteiger partial charge in [0.05, 0.1) is 26.4 Å². The SMILES string of the molecule is CC1(CC(OS(=O)(=O)C(F)(F)C(=O)NC2C3CC4CC(C3)C(=O)C2C4)C(F)(F)F)OCCCO1.CC12CC3CC(C)(CC(C1)C3NC(=O)C(F)(F)S(=O)(=O)OC(CC1(C)OCCCO1)C(F)(F)F)C2. The molecule has 8 aliphatic carbocycles. The molecule has 10 fully saturated rings. The average molecular weight is 1050 g/mol. The van der Waals surface area contributed by atoms with Crippen LogP contribution in [0, 0.1) is 46.3 Å². The normalized spacial score (nSPS) is 36.0. The van der Waals surface area contributed by atoms with Crippen LogP contribution in [0.2, 0.25) is 0 Å². The minimum atomic E-state index is -6.37. The van der Waals surface area contributed by atoms with Crippen molar-refractivity contribution in [1.29, 1.82) is 0 Å². The third kappa shape index (κ3) is 11.2. The standard InChI is InChI=1S/C22H32F5NO6S.C20H26F5NO7S/c1-18-7-13-9-19(2,12-18)10-14(8-18)16(13)28-17(29)22(26,27)35(30,31)34-15(21(23,24)25)11-20(3)32-5-4-6-33-20;1-18(31-3-2-4-32-18)9-14(19(21,22)23)33-34(29,30)20(24,25)17(28)26-15-11-5-10-6-12(8-11)16(27)13(15)7-10/h13-16H,4-12H2,1-3H3,(H,28,29);10-15H,2-9H2,1H3,(H,26,28).